The minimum absolute atomic E-state index is 0.0702. The Morgan fingerprint density at radius 3 is 2.90 bits per heavy atom. The lowest BCUT2D eigenvalue weighted by atomic mass is 10.2. The fraction of sp³-hybridized carbons (Fsp3) is 0.267. The van der Waals surface area contributed by atoms with Gasteiger partial charge in [0.15, 0.2) is 11.5 Å². The van der Waals surface area contributed by atoms with Crippen molar-refractivity contribution in [1.29, 1.82) is 0 Å². The van der Waals surface area contributed by atoms with Crippen LogP contribution in [0.4, 0.5) is 0 Å². The Hall–Kier alpha value is -2.47. The van der Waals surface area contributed by atoms with E-state index < -0.39 is 0 Å². The molecule has 0 fully saturated rings. The van der Waals surface area contributed by atoms with Crippen LogP contribution in [0.1, 0.15) is 11.3 Å². The zero-order valence-corrected chi connectivity index (χ0v) is 11.4. The molecule has 2 aromatic rings. The molecule has 0 unspecified atom stereocenters. The summed E-state index contributed by atoms with van der Waals surface area (Å²) in [6, 6.07) is 9.30. The number of hydrogen-bond acceptors (Lipinski definition) is 5. The Labute approximate surface area is 122 Å². The van der Waals surface area contributed by atoms with Crippen molar-refractivity contribution in [2.45, 2.75) is 13.1 Å². The van der Waals surface area contributed by atoms with Crippen LogP contribution < -0.4 is 20.1 Å². The standard InChI is InChI=1S/C15H16N2O4/c18-15(9-16-8-12-2-1-5-19-12)17-7-11-3-4-13-14(6-11)21-10-20-13/h1-6,16H,7-10H2,(H,17,18). The molecule has 0 radical (unpaired) electrons. The molecule has 6 nitrogen and oxygen atoms in total. The SMILES string of the molecule is O=C(CNCc1ccco1)NCc1ccc2c(c1)OCO2. The molecule has 0 bridgehead atoms. The Morgan fingerprint density at radius 2 is 2.05 bits per heavy atom. The number of benzene rings is 1. The minimum Gasteiger partial charge on any atom is -0.468 e. The molecule has 110 valence electrons. The van der Waals surface area contributed by atoms with Gasteiger partial charge in [0, 0.05) is 6.54 Å². The van der Waals surface area contributed by atoms with E-state index in [9.17, 15) is 4.79 Å². The second-order valence-corrected chi connectivity index (χ2v) is 4.65. The highest BCUT2D eigenvalue weighted by atomic mass is 16.7. The molecule has 0 saturated heterocycles. The van der Waals surface area contributed by atoms with Crippen molar-refractivity contribution in [3.63, 3.8) is 0 Å². The number of carbonyl (C=O) groups excluding carboxylic acids is 1. The van der Waals surface area contributed by atoms with Crippen LogP contribution in [0.15, 0.2) is 41.0 Å². The van der Waals surface area contributed by atoms with Gasteiger partial charge in [-0.25, -0.2) is 0 Å². The fourth-order valence-electron chi connectivity index (χ4n) is 2.03. The molecule has 0 saturated carbocycles. The number of ether oxygens (including phenoxy) is 2. The first kappa shape index (κ1) is 13.5. The topological polar surface area (TPSA) is 72.7 Å². The van der Waals surface area contributed by atoms with Gasteiger partial charge in [-0.2, -0.15) is 0 Å². The number of furan rings is 1. The molecule has 2 N–H and O–H groups in total. The lowest BCUT2D eigenvalue weighted by molar-refractivity contribution is -0.120. The molecule has 0 atom stereocenters. The summed E-state index contributed by atoms with van der Waals surface area (Å²) in [5.41, 5.74) is 0.971. The van der Waals surface area contributed by atoms with E-state index in [1.807, 2.05) is 30.3 Å². The van der Waals surface area contributed by atoms with Crippen LogP contribution in [-0.2, 0) is 17.9 Å². The van der Waals surface area contributed by atoms with Gasteiger partial charge in [-0.1, -0.05) is 6.07 Å². The highest BCUT2D eigenvalue weighted by molar-refractivity contribution is 5.78. The van der Waals surface area contributed by atoms with Crippen LogP contribution in [0.25, 0.3) is 0 Å². The van der Waals surface area contributed by atoms with Gasteiger partial charge in [0.1, 0.15) is 5.76 Å². The molecular weight excluding hydrogens is 272 g/mol. The highest BCUT2D eigenvalue weighted by Gasteiger charge is 2.13. The maximum Gasteiger partial charge on any atom is 0.234 e. The second kappa shape index (κ2) is 6.32. The maximum absolute atomic E-state index is 11.7. The average molecular weight is 288 g/mol. The Balaban J connectivity index is 1.41. The largest absolute Gasteiger partial charge is 0.468 e. The van der Waals surface area contributed by atoms with Gasteiger partial charge in [0.2, 0.25) is 12.7 Å². The van der Waals surface area contributed by atoms with Gasteiger partial charge < -0.3 is 24.5 Å². The van der Waals surface area contributed by atoms with Crippen LogP contribution in [0.3, 0.4) is 0 Å². The highest BCUT2D eigenvalue weighted by Crippen LogP contribution is 2.32. The average Bonchev–Trinajstić information content (AvgIpc) is 3.15. The molecule has 3 rings (SSSR count). The van der Waals surface area contributed by atoms with Crippen LogP contribution in [0.2, 0.25) is 0 Å². The number of rotatable bonds is 6. The fourth-order valence-corrected chi connectivity index (χ4v) is 2.03. The van der Waals surface area contributed by atoms with Crippen molar-refractivity contribution in [2.75, 3.05) is 13.3 Å². The Kier molecular flexibility index (Phi) is 4.07. The monoisotopic (exact) mass is 288 g/mol. The molecule has 21 heavy (non-hydrogen) atoms. The van der Waals surface area contributed by atoms with Gasteiger partial charge in [0.05, 0.1) is 19.4 Å². The lowest BCUT2D eigenvalue weighted by Gasteiger charge is -2.07. The lowest BCUT2D eigenvalue weighted by Crippen LogP contribution is -2.33. The third kappa shape index (κ3) is 3.55. The molecule has 1 aromatic carbocycles. The summed E-state index contributed by atoms with van der Waals surface area (Å²) >= 11 is 0. The number of carbonyl (C=O) groups is 1. The molecule has 0 spiro atoms. The number of amides is 1. The second-order valence-electron chi connectivity index (χ2n) is 4.65. The van der Waals surface area contributed by atoms with Crippen LogP contribution >= 0.6 is 0 Å². The maximum atomic E-state index is 11.7. The summed E-state index contributed by atoms with van der Waals surface area (Å²) in [6.45, 7) is 1.48. The first-order valence-corrected chi connectivity index (χ1v) is 6.69. The molecule has 1 amide bonds. The van der Waals surface area contributed by atoms with E-state index in [1.54, 1.807) is 6.26 Å². The molecule has 1 aliphatic rings. The van der Waals surface area contributed by atoms with Crippen LogP contribution in [0.5, 0.6) is 11.5 Å². The molecule has 1 aromatic heterocycles. The summed E-state index contributed by atoms with van der Waals surface area (Å²) in [5, 5.41) is 5.86. The van der Waals surface area contributed by atoms with Crippen molar-refractivity contribution in [1.82, 2.24) is 10.6 Å². The van der Waals surface area contributed by atoms with Gasteiger partial charge in [-0.3, -0.25) is 4.79 Å². The van der Waals surface area contributed by atoms with Gasteiger partial charge in [-0.05, 0) is 29.8 Å². The first-order valence-electron chi connectivity index (χ1n) is 6.69. The summed E-state index contributed by atoms with van der Waals surface area (Å²) < 4.78 is 15.7. The quantitative estimate of drug-likeness (QED) is 0.841. The zero-order valence-electron chi connectivity index (χ0n) is 11.4. The summed E-state index contributed by atoms with van der Waals surface area (Å²) in [4.78, 5) is 11.7. The Bertz CT molecular complexity index is 610. The predicted octanol–water partition coefficient (Wildman–Crippen LogP) is 1.41. The zero-order chi connectivity index (χ0) is 14.5. The third-order valence-electron chi connectivity index (χ3n) is 3.09. The van der Waals surface area contributed by atoms with E-state index in [0.29, 0.717) is 13.1 Å². The van der Waals surface area contributed by atoms with E-state index in [1.165, 1.54) is 0 Å². The molecule has 6 heteroatoms. The summed E-state index contributed by atoms with van der Waals surface area (Å²) in [6.07, 6.45) is 1.61. The van der Waals surface area contributed by atoms with Gasteiger partial charge in [0.25, 0.3) is 0 Å². The predicted molar refractivity (Wildman–Crippen MR) is 74.8 cm³/mol. The van der Waals surface area contributed by atoms with E-state index in [4.69, 9.17) is 13.9 Å². The minimum atomic E-state index is -0.0702. The van der Waals surface area contributed by atoms with Crippen molar-refractivity contribution in [2.24, 2.45) is 0 Å². The normalized spacial score (nSPS) is 12.4. The van der Waals surface area contributed by atoms with Crippen molar-refractivity contribution in [3.8, 4) is 11.5 Å². The smallest absolute Gasteiger partial charge is 0.234 e. The van der Waals surface area contributed by atoms with E-state index in [0.717, 1.165) is 22.8 Å². The van der Waals surface area contributed by atoms with Crippen LogP contribution in [0, 0.1) is 0 Å². The van der Waals surface area contributed by atoms with Gasteiger partial charge >= 0.3 is 0 Å². The van der Waals surface area contributed by atoms with Crippen molar-refractivity contribution >= 4 is 5.91 Å². The van der Waals surface area contributed by atoms with E-state index in [-0.39, 0.29) is 19.2 Å². The number of nitrogens with one attached hydrogen (secondary N) is 2. The van der Waals surface area contributed by atoms with Crippen molar-refractivity contribution < 1.29 is 18.7 Å². The number of hydrogen-bond donors (Lipinski definition) is 2. The number of fused-ring (bicyclic) bond motifs is 1. The molecular formula is C15H16N2O4. The molecule has 2 heterocycles. The third-order valence-corrected chi connectivity index (χ3v) is 3.09. The van der Waals surface area contributed by atoms with Crippen molar-refractivity contribution in [3.05, 3.63) is 47.9 Å². The molecule has 1 aliphatic heterocycles. The van der Waals surface area contributed by atoms with E-state index >= 15 is 0 Å². The van der Waals surface area contributed by atoms with Gasteiger partial charge in [-0.15, -0.1) is 0 Å². The summed E-state index contributed by atoms with van der Waals surface area (Å²) in [7, 11) is 0. The summed E-state index contributed by atoms with van der Waals surface area (Å²) in [5.74, 6) is 2.20. The van der Waals surface area contributed by atoms with Crippen LogP contribution in [-0.4, -0.2) is 19.2 Å². The first-order chi connectivity index (χ1) is 10.3. The van der Waals surface area contributed by atoms with E-state index in [2.05, 4.69) is 10.6 Å². The molecule has 0 aliphatic carbocycles. The Morgan fingerprint density at radius 1 is 1.14 bits per heavy atom.